The number of hydrogen-bond acceptors (Lipinski definition) is 4. The zero-order valence-electron chi connectivity index (χ0n) is 10.6. The van der Waals surface area contributed by atoms with Crippen LogP contribution in [0, 0.1) is 6.92 Å². The van der Waals surface area contributed by atoms with E-state index in [4.69, 9.17) is 10.5 Å². The van der Waals surface area contributed by atoms with Gasteiger partial charge in [0.2, 0.25) is 5.88 Å². The fraction of sp³-hybridized carbons (Fsp3) is 0.286. The van der Waals surface area contributed by atoms with Crippen LogP contribution in [0.25, 0.3) is 0 Å². The highest BCUT2D eigenvalue weighted by Gasteiger charge is 2.09. The Morgan fingerprint density at radius 2 is 1.94 bits per heavy atom. The lowest BCUT2D eigenvalue weighted by molar-refractivity contribution is 0.448. The van der Waals surface area contributed by atoms with Crippen LogP contribution in [0.2, 0.25) is 0 Å². The summed E-state index contributed by atoms with van der Waals surface area (Å²) in [5.74, 6) is 1.33. The first kappa shape index (κ1) is 12.5. The molecule has 2 N–H and O–H groups in total. The Morgan fingerprint density at radius 3 is 2.67 bits per heavy atom. The normalized spacial score (nSPS) is 12.2. The Morgan fingerprint density at radius 1 is 1.22 bits per heavy atom. The minimum absolute atomic E-state index is 0.0755. The first-order chi connectivity index (χ1) is 8.66. The van der Waals surface area contributed by atoms with E-state index in [9.17, 15) is 0 Å². The molecule has 4 nitrogen and oxygen atoms in total. The minimum Gasteiger partial charge on any atom is -0.437 e. The topological polar surface area (TPSA) is 61.0 Å². The van der Waals surface area contributed by atoms with Crippen LogP contribution in [0.5, 0.6) is 11.6 Å². The second kappa shape index (κ2) is 5.60. The van der Waals surface area contributed by atoms with Gasteiger partial charge in [-0.2, -0.15) is 0 Å². The highest BCUT2D eigenvalue weighted by Crippen LogP contribution is 2.25. The molecular formula is C14H17N3O. The van der Waals surface area contributed by atoms with Crippen molar-refractivity contribution in [2.24, 2.45) is 5.73 Å². The summed E-state index contributed by atoms with van der Waals surface area (Å²) >= 11 is 0. The molecular weight excluding hydrogens is 226 g/mol. The molecule has 18 heavy (non-hydrogen) atoms. The van der Waals surface area contributed by atoms with E-state index in [1.165, 1.54) is 0 Å². The first-order valence-corrected chi connectivity index (χ1v) is 5.96. The quantitative estimate of drug-likeness (QED) is 0.896. The molecule has 0 saturated carbocycles. The third-order valence-corrected chi connectivity index (χ3v) is 2.56. The summed E-state index contributed by atoms with van der Waals surface area (Å²) in [7, 11) is 0. The third-order valence-electron chi connectivity index (χ3n) is 2.56. The van der Waals surface area contributed by atoms with Gasteiger partial charge in [0.15, 0.2) is 5.75 Å². The average molecular weight is 243 g/mol. The fourth-order valence-corrected chi connectivity index (χ4v) is 1.70. The van der Waals surface area contributed by atoms with Gasteiger partial charge in [0, 0.05) is 24.0 Å². The monoisotopic (exact) mass is 243 g/mol. The molecule has 1 atom stereocenters. The van der Waals surface area contributed by atoms with Gasteiger partial charge in [0.1, 0.15) is 0 Å². The molecule has 1 unspecified atom stereocenters. The van der Waals surface area contributed by atoms with E-state index in [0.717, 1.165) is 23.4 Å². The lowest BCUT2D eigenvalue weighted by atomic mass is 10.1. The highest BCUT2D eigenvalue weighted by molar-refractivity contribution is 5.34. The number of nitrogens with two attached hydrogens (primary N) is 1. The van der Waals surface area contributed by atoms with Gasteiger partial charge in [-0.05, 0) is 38.5 Å². The number of aryl methyl sites for hydroxylation is 1. The van der Waals surface area contributed by atoms with Crippen molar-refractivity contribution in [1.29, 1.82) is 0 Å². The van der Waals surface area contributed by atoms with Crippen molar-refractivity contribution in [1.82, 2.24) is 9.97 Å². The molecule has 2 rings (SSSR count). The maximum Gasteiger partial charge on any atom is 0.222 e. The largest absolute Gasteiger partial charge is 0.437 e. The molecule has 0 bridgehead atoms. The molecule has 4 heteroatoms. The molecule has 0 saturated heterocycles. The van der Waals surface area contributed by atoms with Gasteiger partial charge in [-0.25, -0.2) is 4.98 Å². The number of aromatic nitrogens is 2. The van der Waals surface area contributed by atoms with E-state index in [0.29, 0.717) is 5.88 Å². The van der Waals surface area contributed by atoms with Crippen molar-refractivity contribution < 1.29 is 4.74 Å². The summed E-state index contributed by atoms with van der Waals surface area (Å²) in [6.45, 7) is 3.87. The van der Waals surface area contributed by atoms with Crippen LogP contribution in [-0.4, -0.2) is 16.0 Å². The molecule has 0 fully saturated rings. The Labute approximate surface area is 107 Å². The van der Waals surface area contributed by atoms with Gasteiger partial charge in [-0.3, -0.25) is 4.98 Å². The van der Waals surface area contributed by atoms with E-state index < -0.39 is 0 Å². The molecule has 0 aliphatic carbocycles. The van der Waals surface area contributed by atoms with E-state index in [1.54, 1.807) is 12.4 Å². The smallest absolute Gasteiger partial charge is 0.222 e. The number of hydrogen-bond donors (Lipinski definition) is 1. The predicted octanol–water partition coefficient (Wildman–Crippen LogP) is 2.47. The van der Waals surface area contributed by atoms with Gasteiger partial charge in [-0.15, -0.1) is 0 Å². The Bertz CT molecular complexity index is 526. The zero-order chi connectivity index (χ0) is 13.0. The fourth-order valence-electron chi connectivity index (χ4n) is 1.70. The predicted molar refractivity (Wildman–Crippen MR) is 70.6 cm³/mol. The molecule has 0 amide bonds. The molecule has 2 heterocycles. The summed E-state index contributed by atoms with van der Waals surface area (Å²) < 4.78 is 5.81. The standard InChI is InChI=1S/C14H17N3O/c1-10(15)9-12-5-3-8-17-14(12)18-13-6-4-7-16-11(13)2/h3-8,10H,9,15H2,1-2H3. The molecule has 0 aliphatic heterocycles. The molecule has 2 aromatic rings. The van der Waals surface area contributed by atoms with Crippen LogP contribution >= 0.6 is 0 Å². The van der Waals surface area contributed by atoms with E-state index in [1.807, 2.05) is 38.1 Å². The third kappa shape index (κ3) is 3.05. The van der Waals surface area contributed by atoms with E-state index in [-0.39, 0.29) is 6.04 Å². The van der Waals surface area contributed by atoms with Gasteiger partial charge >= 0.3 is 0 Å². The van der Waals surface area contributed by atoms with Crippen molar-refractivity contribution >= 4 is 0 Å². The minimum atomic E-state index is 0.0755. The summed E-state index contributed by atoms with van der Waals surface area (Å²) in [5.41, 5.74) is 7.67. The number of ether oxygens (including phenoxy) is 1. The van der Waals surface area contributed by atoms with Crippen molar-refractivity contribution in [3.63, 3.8) is 0 Å². The Balaban J connectivity index is 2.26. The Hall–Kier alpha value is -1.94. The Kier molecular flexibility index (Phi) is 3.89. The second-order valence-electron chi connectivity index (χ2n) is 4.34. The molecule has 2 aromatic heterocycles. The van der Waals surface area contributed by atoms with Crippen molar-refractivity contribution in [3.05, 3.63) is 47.9 Å². The van der Waals surface area contributed by atoms with Crippen LogP contribution in [0.3, 0.4) is 0 Å². The van der Waals surface area contributed by atoms with E-state index >= 15 is 0 Å². The summed E-state index contributed by atoms with van der Waals surface area (Å²) in [6, 6.07) is 7.67. The lowest BCUT2D eigenvalue weighted by Gasteiger charge is -2.12. The van der Waals surface area contributed by atoms with Crippen molar-refractivity contribution in [2.45, 2.75) is 26.3 Å². The van der Waals surface area contributed by atoms with Crippen LogP contribution < -0.4 is 10.5 Å². The summed E-state index contributed by atoms with van der Waals surface area (Å²) in [6.07, 6.45) is 4.19. The number of rotatable bonds is 4. The number of pyridine rings is 2. The zero-order valence-corrected chi connectivity index (χ0v) is 10.6. The van der Waals surface area contributed by atoms with Gasteiger partial charge in [-0.1, -0.05) is 6.07 Å². The highest BCUT2D eigenvalue weighted by atomic mass is 16.5. The lowest BCUT2D eigenvalue weighted by Crippen LogP contribution is -2.18. The second-order valence-corrected chi connectivity index (χ2v) is 4.34. The molecule has 94 valence electrons. The van der Waals surface area contributed by atoms with Crippen LogP contribution in [-0.2, 0) is 6.42 Å². The molecule has 0 spiro atoms. The van der Waals surface area contributed by atoms with Gasteiger partial charge in [0.05, 0.1) is 5.69 Å². The van der Waals surface area contributed by atoms with Crippen molar-refractivity contribution in [3.8, 4) is 11.6 Å². The average Bonchev–Trinajstić information content (AvgIpc) is 2.34. The summed E-state index contributed by atoms with van der Waals surface area (Å²) in [5, 5.41) is 0. The van der Waals surface area contributed by atoms with Gasteiger partial charge < -0.3 is 10.5 Å². The maximum atomic E-state index is 5.82. The van der Waals surface area contributed by atoms with Crippen LogP contribution in [0.15, 0.2) is 36.7 Å². The molecule has 0 radical (unpaired) electrons. The SMILES string of the molecule is Cc1ncccc1Oc1ncccc1CC(C)N. The number of nitrogens with zero attached hydrogens (tertiary/aromatic N) is 2. The van der Waals surface area contributed by atoms with Crippen LogP contribution in [0.1, 0.15) is 18.2 Å². The summed E-state index contributed by atoms with van der Waals surface area (Å²) in [4.78, 5) is 8.45. The maximum absolute atomic E-state index is 5.82. The van der Waals surface area contributed by atoms with Gasteiger partial charge in [0.25, 0.3) is 0 Å². The van der Waals surface area contributed by atoms with E-state index in [2.05, 4.69) is 9.97 Å². The van der Waals surface area contributed by atoms with Crippen LogP contribution in [0.4, 0.5) is 0 Å². The molecule has 0 aromatic carbocycles. The van der Waals surface area contributed by atoms with Crippen molar-refractivity contribution in [2.75, 3.05) is 0 Å². The first-order valence-electron chi connectivity index (χ1n) is 5.96. The molecule has 0 aliphatic rings.